The van der Waals surface area contributed by atoms with E-state index in [4.69, 9.17) is 4.74 Å². The minimum absolute atomic E-state index is 0.161. The molecule has 0 aromatic rings. The normalized spacial score (nSPS) is 32.5. The number of nitrogens with zero attached hydrogens (tertiary/aromatic N) is 2. The van der Waals surface area contributed by atoms with Crippen LogP contribution in [0.3, 0.4) is 0 Å². The van der Waals surface area contributed by atoms with Gasteiger partial charge in [0.25, 0.3) is 0 Å². The van der Waals surface area contributed by atoms with Gasteiger partial charge in [0.15, 0.2) is 0 Å². The van der Waals surface area contributed by atoms with Crippen molar-refractivity contribution in [2.24, 2.45) is 0 Å². The van der Waals surface area contributed by atoms with Crippen LogP contribution in [-0.2, 0) is 9.53 Å². The highest BCUT2D eigenvalue weighted by atomic mass is 16.5. The van der Waals surface area contributed by atoms with Crippen molar-refractivity contribution < 1.29 is 14.6 Å². The van der Waals surface area contributed by atoms with Crippen LogP contribution in [-0.4, -0.2) is 72.9 Å². The van der Waals surface area contributed by atoms with Crippen LogP contribution in [0.5, 0.6) is 0 Å². The summed E-state index contributed by atoms with van der Waals surface area (Å²) in [5, 5.41) is 9.20. The summed E-state index contributed by atoms with van der Waals surface area (Å²) in [6.07, 6.45) is 3.07. The standard InChI is InChI=1S/C12H22N2O3/c1-13-6-7-17-10(8-13)9-14-5-3-2-4-11(14)12(15)16/h10-11H,2-9H2,1H3,(H,15,16). The molecule has 2 saturated heterocycles. The molecular formula is C12H22N2O3. The van der Waals surface area contributed by atoms with Crippen LogP contribution >= 0.6 is 0 Å². The smallest absolute Gasteiger partial charge is 0.320 e. The fraction of sp³-hybridized carbons (Fsp3) is 0.917. The number of carboxylic acid groups (broad SMARTS) is 1. The quantitative estimate of drug-likeness (QED) is 0.769. The molecule has 2 aliphatic rings. The molecule has 0 aliphatic carbocycles. The summed E-state index contributed by atoms with van der Waals surface area (Å²) in [6.45, 7) is 4.27. The van der Waals surface area contributed by atoms with Gasteiger partial charge in [-0.2, -0.15) is 0 Å². The number of likely N-dealkylation sites (N-methyl/N-ethyl adjacent to an activating group) is 1. The van der Waals surface area contributed by atoms with Crippen molar-refractivity contribution in [2.45, 2.75) is 31.4 Å². The van der Waals surface area contributed by atoms with E-state index in [1.807, 2.05) is 0 Å². The number of likely N-dealkylation sites (tertiary alicyclic amines) is 1. The summed E-state index contributed by atoms with van der Waals surface area (Å²) < 4.78 is 5.70. The number of morpholine rings is 1. The van der Waals surface area contributed by atoms with Crippen molar-refractivity contribution >= 4 is 5.97 Å². The molecule has 2 aliphatic heterocycles. The molecule has 17 heavy (non-hydrogen) atoms. The molecule has 0 aromatic carbocycles. The van der Waals surface area contributed by atoms with Gasteiger partial charge in [-0.3, -0.25) is 9.69 Å². The minimum atomic E-state index is -0.686. The zero-order valence-corrected chi connectivity index (χ0v) is 10.5. The van der Waals surface area contributed by atoms with Crippen LogP contribution in [0.2, 0.25) is 0 Å². The first kappa shape index (κ1) is 12.8. The SMILES string of the molecule is CN1CCOC(CN2CCCCC2C(=O)O)C1. The summed E-state index contributed by atoms with van der Waals surface area (Å²) in [5.74, 6) is -0.686. The second-order valence-electron chi connectivity index (χ2n) is 5.10. The Kier molecular flexibility index (Phi) is 4.36. The van der Waals surface area contributed by atoms with E-state index >= 15 is 0 Å². The van der Waals surface area contributed by atoms with E-state index < -0.39 is 5.97 Å². The Labute approximate surface area is 102 Å². The van der Waals surface area contributed by atoms with Gasteiger partial charge in [-0.05, 0) is 26.4 Å². The lowest BCUT2D eigenvalue weighted by molar-refractivity contribution is -0.146. The van der Waals surface area contributed by atoms with E-state index in [0.717, 1.165) is 52.0 Å². The lowest BCUT2D eigenvalue weighted by atomic mass is 10.0. The molecule has 0 aromatic heterocycles. The summed E-state index contributed by atoms with van der Waals surface area (Å²) >= 11 is 0. The third-order valence-electron chi connectivity index (χ3n) is 3.68. The van der Waals surface area contributed by atoms with Crippen molar-refractivity contribution in [1.82, 2.24) is 9.80 Å². The Morgan fingerprint density at radius 3 is 2.94 bits per heavy atom. The fourth-order valence-electron chi connectivity index (χ4n) is 2.73. The fourth-order valence-corrected chi connectivity index (χ4v) is 2.73. The molecule has 0 radical (unpaired) electrons. The van der Waals surface area contributed by atoms with Crippen LogP contribution in [0.25, 0.3) is 0 Å². The Hall–Kier alpha value is -0.650. The maximum Gasteiger partial charge on any atom is 0.320 e. The summed E-state index contributed by atoms with van der Waals surface area (Å²) in [6, 6.07) is -0.306. The molecule has 2 heterocycles. The van der Waals surface area contributed by atoms with Crippen molar-refractivity contribution in [3.63, 3.8) is 0 Å². The van der Waals surface area contributed by atoms with Gasteiger partial charge in [-0.1, -0.05) is 6.42 Å². The molecule has 0 bridgehead atoms. The Morgan fingerprint density at radius 1 is 1.41 bits per heavy atom. The van der Waals surface area contributed by atoms with Crippen LogP contribution in [0, 0.1) is 0 Å². The lowest BCUT2D eigenvalue weighted by Crippen LogP contribution is -2.52. The highest BCUT2D eigenvalue weighted by Crippen LogP contribution is 2.18. The Bertz CT molecular complexity index is 272. The lowest BCUT2D eigenvalue weighted by Gasteiger charge is -2.38. The van der Waals surface area contributed by atoms with E-state index in [-0.39, 0.29) is 12.1 Å². The van der Waals surface area contributed by atoms with Gasteiger partial charge < -0.3 is 14.7 Å². The monoisotopic (exact) mass is 242 g/mol. The number of hydrogen-bond donors (Lipinski definition) is 1. The molecule has 2 fully saturated rings. The van der Waals surface area contributed by atoms with Gasteiger partial charge in [-0.15, -0.1) is 0 Å². The van der Waals surface area contributed by atoms with Crippen molar-refractivity contribution in [3.8, 4) is 0 Å². The van der Waals surface area contributed by atoms with Gasteiger partial charge >= 0.3 is 5.97 Å². The average molecular weight is 242 g/mol. The van der Waals surface area contributed by atoms with Crippen LogP contribution in [0.1, 0.15) is 19.3 Å². The molecule has 0 amide bonds. The molecular weight excluding hydrogens is 220 g/mol. The Morgan fingerprint density at radius 2 is 2.24 bits per heavy atom. The highest BCUT2D eigenvalue weighted by molar-refractivity contribution is 5.73. The van der Waals surface area contributed by atoms with E-state index in [2.05, 4.69) is 16.8 Å². The van der Waals surface area contributed by atoms with E-state index in [9.17, 15) is 9.90 Å². The zero-order valence-electron chi connectivity index (χ0n) is 10.5. The van der Waals surface area contributed by atoms with Crippen molar-refractivity contribution in [2.75, 3.05) is 39.8 Å². The molecule has 5 heteroatoms. The first-order valence-electron chi connectivity index (χ1n) is 6.44. The largest absolute Gasteiger partial charge is 0.480 e. The van der Waals surface area contributed by atoms with Gasteiger partial charge in [0.05, 0.1) is 12.7 Å². The van der Waals surface area contributed by atoms with Gasteiger partial charge in [-0.25, -0.2) is 0 Å². The topological polar surface area (TPSA) is 53.0 Å². The van der Waals surface area contributed by atoms with E-state index in [1.165, 1.54) is 0 Å². The third-order valence-corrected chi connectivity index (χ3v) is 3.68. The second-order valence-corrected chi connectivity index (χ2v) is 5.10. The minimum Gasteiger partial charge on any atom is -0.480 e. The predicted molar refractivity (Wildman–Crippen MR) is 64.1 cm³/mol. The first-order chi connectivity index (χ1) is 8.16. The van der Waals surface area contributed by atoms with E-state index in [0.29, 0.717) is 0 Å². The summed E-state index contributed by atoms with van der Waals surface area (Å²) in [4.78, 5) is 15.5. The summed E-state index contributed by atoms with van der Waals surface area (Å²) in [7, 11) is 2.08. The molecule has 1 N–H and O–H groups in total. The van der Waals surface area contributed by atoms with Crippen molar-refractivity contribution in [3.05, 3.63) is 0 Å². The number of hydrogen-bond acceptors (Lipinski definition) is 4. The third kappa shape index (κ3) is 3.40. The second kappa shape index (κ2) is 5.80. The van der Waals surface area contributed by atoms with E-state index in [1.54, 1.807) is 0 Å². The molecule has 2 atom stereocenters. The number of rotatable bonds is 3. The maximum absolute atomic E-state index is 11.2. The molecule has 98 valence electrons. The average Bonchev–Trinajstić information content (AvgIpc) is 2.29. The molecule has 2 unspecified atom stereocenters. The number of ether oxygens (including phenoxy) is 1. The van der Waals surface area contributed by atoms with Gasteiger partial charge in [0.2, 0.25) is 0 Å². The van der Waals surface area contributed by atoms with Gasteiger partial charge in [0, 0.05) is 19.6 Å². The number of carboxylic acids is 1. The molecule has 2 rings (SSSR count). The molecule has 5 nitrogen and oxygen atoms in total. The molecule has 0 saturated carbocycles. The molecule has 0 spiro atoms. The first-order valence-corrected chi connectivity index (χ1v) is 6.44. The maximum atomic E-state index is 11.2. The highest BCUT2D eigenvalue weighted by Gasteiger charge is 2.31. The van der Waals surface area contributed by atoms with Gasteiger partial charge in [0.1, 0.15) is 6.04 Å². The Balaban J connectivity index is 1.89. The number of aliphatic carboxylic acids is 1. The van der Waals surface area contributed by atoms with Crippen LogP contribution in [0.15, 0.2) is 0 Å². The van der Waals surface area contributed by atoms with Crippen LogP contribution in [0.4, 0.5) is 0 Å². The van der Waals surface area contributed by atoms with Crippen LogP contribution < -0.4 is 0 Å². The predicted octanol–water partition coefficient (Wildman–Crippen LogP) is 0.256. The van der Waals surface area contributed by atoms with Crippen molar-refractivity contribution in [1.29, 1.82) is 0 Å². The number of carbonyl (C=O) groups is 1. The number of piperidine rings is 1. The zero-order chi connectivity index (χ0) is 12.3. The summed E-state index contributed by atoms with van der Waals surface area (Å²) in [5.41, 5.74) is 0.